The van der Waals surface area contributed by atoms with Gasteiger partial charge in [-0.1, -0.05) is 29.8 Å². The first-order chi connectivity index (χ1) is 11.6. The highest BCUT2D eigenvalue weighted by Crippen LogP contribution is 2.33. The van der Waals surface area contributed by atoms with Gasteiger partial charge in [0.05, 0.1) is 4.91 Å². The molecule has 126 valence electrons. The molecule has 5 nitrogen and oxygen atoms in total. The van der Waals surface area contributed by atoms with Gasteiger partial charge in [-0.05, 0) is 48.7 Å². The molecule has 2 aliphatic heterocycles. The Morgan fingerprint density at radius 2 is 1.88 bits per heavy atom. The van der Waals surface area contributed by atoms with Gasteiger partial charge in [-0.25, -0.2) is 0 Å². The van der Waals surface area contributed by atoms with Crippen molar-refractivity contribution < 1.29 is 14.4 Å². The lowest BCUT2D eigenvalue weighted by molar-refractivity contribution is -0.136. The molecule has 0 saturated carbocycles. The molecule has 3 rings (SSSR count). The highest BCUT2D eigenvalue weighted by molar-refractivity contribution is 8.18. The van der Waals surface area contributed by atoms with Gasteiger partial charge in [0.15, 0.2) is 0 Å². The second-order valence-corrected chi connectivity index (χ2v) is 7.13. The predicted molar refractivity (Wildman–Crippen MR) is 94.6 cm³/mol. The van der Waals surface area contributed by atoms with E-state index in [4.69, 9.17) is 11.6 Å². The number of likely N-dealkylation sites (tertiary alicyclic amines) is 1. The van der Waals surface area contributed by atoms with Crippen molar-refractivity contribution in [3.63, 3.8) is 0 Å². The summed E-state index contributed by atoms with van der Waals surface area (Å²) in [6.07, 6.45) is 4.66. The van der Waals surface area contributed by atoms with E-state index in [2.05, 4.69) is 0 Å². The number of piperidine rings is 1. The van der Waals surface area contributed by atoms with Crippen LogP contribution in [-0.2, 0) is 9.59 Å². The van der Waals surface area contributed by atoms with E-state index >= 15 is 0 Å². The number of hydrogen-bond donors (Lipinski definition) is 0. The highest BCUT2D eigenvalue weighted by Gasteiger charge is 2.37. The molecule has 0 aliphatic carbocycles. The Hall–Kier alpha value is -1.79. The molecule has 2 fully saturated rings. The maximum absolute atomic E-state index is 12.5. The van der Waals surface area contributed by atoms with Crippen LogP contribution in [0.4, 0.5) is 4.79 Å². The molecular weight excluding hydrogens is 348 g/mol. The van der Waals surface area contributed by atoms with E-state index in [9.17, 15) is 14.4 Å². The number of hydrogen-bond acceptors (Lipinski definition) is 4. The summed E-state index contributed by atoms with van der Waals surface area (Å²) in [5, 5.41) is 0.0948. The molecule has 0 N–H and O–H groups in total. The Balaban J connectivity index is 1.72. The van der Waals surface area contributed by atoms with Gasteiger partial charge in [-0.2, -0.15) is 0 Å². The Labute approximate surface area is 149 Å². The standard InChI is InChI=1S/C17H17ClN2O3S/c18-13-7-3-2-6-12(13)10-14-16(22)20(17(23)24-14)11-15(21)19-8-4-1-5-9-19/h2-3,6-7,10H,1,4-5,8-9,11H2/b14-10+. The van der Waals surface area contributed by atoms with Crippen molar-refractivity contribution >= 4 is 46.5 Å². The first kappa shape index (κ1) is 17.0. The van der Waals surface area contributed by atoms with Gasteiger partial charge in [0.1, 0.15) is 6.54 Å². The van der Waals surface area contributed by atoms with Crippen molar-refractivity contribution in [3.8, 4) is 0 Å². The van der Waals surface area contributed by atoms with Crippen molar-refractivity contribution in [1.82, 2.24) is 9.80 Å². The lowest BCUT2D eigenvalue weighted by atomic mass is 10.1. The number of rotatable bonds is 3. The summed E-state index contributed by atoms with van der Waals surface area (Å²) in [7, 11) is 0. The zero-order valence-corrected chi connectivity index (χ0v) is 14.6. The van der Waals surface area contributed by atoms with Crippen LogP contribution in [0, 0.1) is 0 Å². The van der Waals surface area contributed by atoms with Crippen LogP contribution < -0.4 is 0 Å². The molecule has 2 heterocycles. The summed E-state index contributed by atoms with van der Waals surface area (Å²) in [6, 6.07) is 7.09. The molecule has 1 aromatic rings. The van der Waals surface area contributed by atoms with Gasteiger partial charge in [-0.15, -0.1) is 0 Å². The summed E-state index contributed by atoms with van der Waals surface area (Å²) in [5.41, 5.74) is 0.673. The lowest BCUT2D eigenvalue weighted by Crippen LogP contribution is -2.44. The zero-order valence-electron chi connectivity index (χ0n) is 13.0. The summed E-state index contributed by atoms with van der Waals surface area (Å²) < 4.78 is 0. The summed E-state index contributed by atoms with van der Waals surface area (Å²) in [5.74, 6) is -0.605. The third-order valence-corrected chi connectivity index (χ3v) is 5.32. The second-order valence-electron chi connectivity index (χ2n) is 5.73. The average molecular weight is 365 g/mol. The third-order valence-electron chi connectivity index (χ3n) is 4.07. The number of halogens is 1. The first-order valence-electron chi connectivity index (χ1n) is 7.84. The summed E-state index contributed by atoms with van der Waals surface area (Å²) >= 11 is 6.93. The molecule has 24 heavy (non-hydrogen) atoms. The first-order valence-corrected chi connectivity index (χ1v) is 9.03. The maximum Gasteiger partial charge on any atom is 0.294 e. The SMILES string of the molecule is O=C(CN1C(=O)S/C(=C/c2ccccc2Cl)C1=O)N1CCCCC1. The number of carbonyl (C=O) groups excluding carboxylic acids is 3. The largest absolute Gasteiger partial charge is 0.341 e. The second kappa shape index (κ2) is 7.40. The van der Waals surface area contributed by atoms with Crippen LogP contribution in [0.2, 0.25) is 5.02 Å². The van der Waals surface area contributed by atoms with Gasteiger partial charge in [0.2, 0.25) is 5.91 Å². The fourth-order valence-electron chi connectivity index (χ4n) is 2.75. The van der Waals surface area contributed by atoms with Crippen LogP contribution in [-0.4, -0.2) is 46.5 Å². The normalized spacial score (nSPS) is 20.1. The van der Waals surface area contributed by atoms with E-state index in [1.807, 2.05) is 6.07 Å². The molecule has 0 radical (unpaired) electrons. The number of benzene rings is 1. The fourth-order valence-corrected chi connectivity index (χ4v) is 3.77. The Morgan fingerprint density at radius 3 is 2.58 bits per heavy atom. The Bertz CT molecular complexity index is 714. The average Bonchev–Trinajstić information content (AvgIpc) is 2.85. The van der Waals surface area contributed by atoms with Gasteiger partial charge in [0, 0.05) is 18.1 Å². The van der Waals surface area contributed by atoms with E-state index in [0.717, 1.165) is 35.9 Å². The smallest absolute Gasteiger partial charge is 0.294 e. The monoisotopic (exact) mass is 364 g/mol. The number of nitrogens with zero attached hydrogens (tertiary/aromatic N) is 2. The summed E-state index contributed by atoms with van der Waals surface area (Å²) in [4.78, 5) is 39.9. The van der Waals surface area contributed by atoms with Gasteiger partial charge in [-0.3, -0.25) is 19.3 Å². The fraction of sp³-hybridized carbons (Fsp3) is 0.353. The highest BCUT2D eigenvalue weighted by atomic mass is 35.5. The third kappa shape index (κ3) is 3.65. The van der Waals surface area contributed by atoms with Crippen LogP contribution >= 0.6 is 23.4 Å². The van der Waals surface area contributed by atoms with E-state index in [1.165, 1.54) is 0 Å². The van der Waals surface area contributed by atoms with E-state index in [-0.39, 0.29) is 12.5 Å². The van der Waals surface area contributed by atoms with Gasteiger partial charge < -0.3 is 4.90 Å². The molecule has 7 heteroatoms. The molecular formula is C17H17ClN2O3S. The minimum absolute atomic E-state index is 0.170. The van der Waals surface area contributed by atoms with Crippen molar-refractivity contribution in [2.24, 2.45) is 0 Å². The number of thioether (sulfide) groups is 1. The van der Waals surface area contributed by atoms with Crippen LogP contribution in [0.5, 0.6) is 0 Å². The lowest BCUT2D eigenvalue weighted by Gasteiger charge is -2.27. The molecule has 0 atom stereocenters. The van der Waals surface area contributed by atoms with Crippen LogP contribution in [0.3, 0.4) is 0 Å². The number of amides is 3. The minimum atomic E-state index is -0.435. The van der Waals surface area contributed by atoms with Crippen molar-refractivity contribution in [1.29, 1.82) is 0 Å². The topological polar surface area (TPSA) is 57.7 Å². The molecule has 0 aromatic heterocycles. The van der Waals surface area contributed by atoms with Crippen LogP contribution in [0.15, 0.2) is 29.2 Å². The van der Waals surface area contributed by atoms with E-state index < -0.39 is 11.1 Å². The molecule has 2 aliphatic rings. The molecule has 2 saturated heterocycles. The molecule has 0 spiro atoms. The van der Waals surface area contributed by atoms with E-state index in [0.29, 0.717) is 28.6 Å². The summed E-state index contributed by atoms with van der Waals surface area (Å²) in [6.45, 7) is 1.21. The quantitative estimate of drug-likeness (QED) is 0.771. The maximum atomic E-state index is 12.5. The van der Waals surface area contributed by atoms with E-state index in [1.54, 1.807) is 29.2 Å². The minimum Gasteiger partial charge on any atom is -0.341 e. The number of carbonyl (C=O) groups is 3. The molecule has 0 bridgehead atoms. The van der Waals surface area contributed by atoms with Gasteiger partial charge in [0.25, 0.3) is 11.1 Å². The Morgan fingerprint density at radius 1 is 1.17 bits per heavy atom. The van der Waals surface area contributed by atoms with Crippen molar-refractivity contribution in [2.75, 3.05) is 19.6 Å². The zero-order chi connectivity index (χ0) is 17.1. The van der Waals surface area contributed by atoms with Crippen LogP contribution in [0.25, 0.3) is 6.08 Å². The van der Waals surface area contributed by atoms with Gasteiger partial charge >= 0.3 is 0 Å². The molecule has 3 amide bonds. The van der Waals surface area contributed by atoms with Crippen LogP contribution in [0.1, 0.15) is 24.8 Å². The van der Waals surface area contributed by atoms with Crippen molar-refractivity contribution in [2.45, 2.75) is 19.3 Å². The molecule has 1 aromatic carbocycles. The molecule has 0 unspecified atom stereocenters. The predicted octanol–water partition coefficient (Wildman–Crippen LogP) is 3.39. The van der Waals surface area contributed by atoms with Crippen molar-refractivity contribution in [3.05, 3.63) is 39.8 Å². The number of imide groups is 1. The Kier molecular flexibility index (Phi) is 5.26.